The van der Waals surface area contributed by atoms with Crippen LogP contribution in [0.5, 0.6) is 0 Å². The normalized spacial score (nSPS) is 13.8. The van der Waals surface area contributed by atoms with Crippen molar-refractivity contribution >= 4 is 21.5 Å². The Balaban J connectivity index is 0.000000817. The predicted molar refractivity (Wildman–Crippen MR) is 240 cm³/mol. The largest absolute Gasteiger partial charge is 0.0683 e. The standard InChI is InChI=1S/C50H38.C3H8.C2H6/c1-49(2)43-19-11-9-17-39(43)47-37-15-7-5-13-35(37)41(29-45(47)49)33-25-21-31(22-26-33)32-23-27-34(28-24-32)42-30-46-48(38-16-8-6-14-36(38)42)40-18-10-12-20-44(40)50(46,3)4;1-3-2;1-2/h5-30H,1-4H3;3H2,1-2H3;1-2H3. The fourth-order valence-electron chi connectivity index (χ4n) is 9.26. The van der Waals surface area contributed by atoms with Crippen LogP contribution in [0.3, 0.4) is 0 Å². The summed E-state index contributed by atoms with van der Waals surface area (Å²) in [6.07, 6.45) is 1.25. The van der Waals surface area contributed by atoms with Gasteiger partial charge in [0.05, 0.1) is 0 Å². The zero-order valence-corrected chi connectivity index (χ0v) is 33.7. The van der Waals surface area contributed by atoms with Gasteiger partial charge in [-0.05, 0) is 112 Å². The van der Waals surface area contributed by atoms with E-state index < -0.39 is 0 Å². The summed E-state index contributed by atoms with van der Waals surface area (Å²) in [7, 11) is 0. The average molecular weight is 713 g/mol. The molecule has 0 aromatic heterocycles. The predicted octanol–water partition coefficient (Wildman–Crippen LogP) is 16.0. The van der Waals surface area contributed by atoms with Crippen molar-refractivity contribution in [1.82, 2.24) is 0 Å². The second-order valence-electron chi connectivity index (χ2n) is 16.0. The molecule has 10 rings (SSSR count). The van der Waals surface area contributed by atoms with Gasteiger partial charge in [0.2, 0.25) is 0 Å². The van der Waals surface area contributed by atoms with E-state index in [0.29, 0.717) is 0 Å². The maximum absolute atomic E-state index is 2.46. The Morgan fingerprint density at radius 2 is 0.618 bits per heavy atom. The second kappa shape index (κ2) is 14.2. The Kier molecular flexibility index (Phi) is 9.34. The van der Waals surface area contributed by atoms with E-state index in [0.717, 1.165) is 0 Å². The summed E-state index contributed by atoms with van der Waals surface area (Å²) in [5, 5.41) is 5.29. The van der Waals surface area contributed by atoms with Crippen molar-refractivity contribution in [2.24, 2.45) is 0 Å². The molecule has 8 aromatic rings. The highest BCUT2D eigenvalue weighted by Gasteiger charge is 2.38. The fraction of sp³-hybridized carbons (Fsp3) is 0.200. The summed E-state index contributed by atoms with van der Waals surface area (Å²) >= 11 is 0. The molecule has 0 heteroatoms. The molecule has 8 aromatic carbocycles. The first-order valence-corrected chi connectivity index (χ1v) is 20.3. The van der Waals surface area contributed by atoms with Crippen LogP contribution in [-0.4, -0.2) is 0 Å². The lowest BCUT2D eigenvalue weighted by atomic mass is 9.80. The maximum atomic E-state index is 2.46. The van der Waals surface area contributed by atoms with Crippen molar-refractivity contribution in [3.05, 3.63) is 180 Å². The summed E-state index contributed by atoms with van der Waals surface area (Å²) in [5.41, 5.74) is 18.7. The van der Waals surface area contributed by atoms with Crippen molar-refractivity contribution in [2.75, 3.05) is 0 Å². The Labute approximate surface area is 328 Å². The summed E-state index contributed by atoms with van der Waals surface area (Å²) < 4.78 is 0. The van der Waals surface area contributed by atoms with Gasteiger partial charge in [-0.25, -0.2) is 0 Å². The van der Waals surface area contributed by atoms with E-state index in [1.54, 1.807) is 0 Å². The molecule has 0 bridgehead atoms. The molecular weight excluding hydrogens is 661 g/mol. The van der Waals surface area contributed by atoms with Gasteiger partial charge < -0.3 is 0 Å². The third-order valence-electron chi connectivity index (χ3n) is 11.9. The molecule has 0 aliphatic heterocycles. The summed E-state index contributed by atoms with van der Waals surface area (Å²) in [6.45, 7) is 17.7. The minimum atomic E-state index is -0.0454. The number of rotatable bonds is 3. The van der Waals surface area contributed by atoms with Gasteiger partial charge in [0, 0.05) is 10.8 Å². The van der Waals surface area contributed by atoms with E-state index in [1.165, 1.54) is 106 Å². The fourth-order valence-corrected chi connectivity index (χ4v) is 9.26. The van der Waals surface area contributed by atoms with Crippen LogP contribution >= 0.6 is 0 Å². The molecule has 0 heterocycles. The Morgan fingerprint density at radius 1 is 0.327 bits per heavy atom. The molecule has 0 amide bonds. The third-order valence-corrected chi connectivity index (χ3v) is 11.9. The van der Waals surface area contributed by atoms with E-state index in [2.05, 4.69) is 199 Å². The van der Waals surface area contributed by atoms with Crippen LogP contribution in [0.4, 0.5) is 0 Å². The molecule has 0 saturated carbocycles. The van der Waals surface area contributed by atoms with Gasteiger partial charge in [-0.2, -0.15) is 0 Å². The molecular formula is C55H52. The highest BCUT2D eigenvalue weighted by atomic mass is 14.4. The van der Waals surface area contributed by atoms with Gasteiger partial charge >= 0.3 is 0 Å². The van der Waals surface area contributed by atoms with Crippen LogP contribution in [0, 0.1) is 0 Å². The number of benzene rings is 8. The molecule has 0 N–H and O–H groups in total. The zero-order chi connectivity index (χ0) is 38.5. The molecule has 0 nitrogen and oxygen atoms in total. The van der Waals surface area contributed by atoms with Crippen molar-refractivity contribution < 1.29 is 0 Å². The quantitative estimate of drug-likeness (QED) is 0.171. The number of hydrogen-bond donors (Lipinski definition) is 0. The minimum Gasteiger partial charge on any atom is -0.0683 e. The molecule has 0 radical (unpaired) electrons. The summed E-state index contributed by atoms with van der Waals surface area (Å²) in [5.74, 6) is 0. The van der Waals surface area contributed by atoms with E-state index in [9.17, 15) is 0 Å². The van der Waals surface area contributed by atoms with Gasteiger partial charge in [-0.15, -0.1) is 0 Å². The summed E-state index contributed by atoms with van der Waals surface area (Å²) in [6, 6.07) is 59.1. The monoisotopic (exact) mass is 712 g/mol. The van der Waals surface area contributed by atoms with Crippen LogP contribution < -0.4 is 0 Å². The molecule has 0 fully saturated rings. The van der Waals surface area contributed by atoms with E-state index >= 15 is 0 Å². The lowest BCUT2D eigenvalue weighted by molar-refractivity contribution is 0.661. The average Bonchev–Trinajstić information content (AvgIpc) is 3.61. The smallest absolute Gasteiger partial charge is 0.0159 e. The first-order chi connectivity index (χ1) is 26.7. The van der Waals surface area contributed by atoms with Gasteiger partial charge in [0.15, 0.2) is 0 Å². The van der Waals surface area contributed by atoms with Crippen molar-refractivity contribution in [3.63, 3.8) is 0 Å². The lowest BCUT2D eigenvalue weighted by Crippen LogP contribution is -2.15. The topological polar surface area (TPSA) is 0 Å². The van der Waals surface area contributed by atoms with Crippen LogP contribution in [0.15, 0.2) is 158 Å². The molecule has 0 unspecified atom stereocenters. The number of hydrogen-bond acceptors (Lipinski definition) is 0. The minimum absolute atomic E-state index is 0.0454. The zero-order valence-electron chi connectivity index (χ0n) is 33.7. The van der Waals surface area contributed by atoms with E-state index in [1.807, 2.05) is 13.8 Å². The van der Waals surface area contributed by atoms with Gasteiger partial charge in [0.25, 0.3) is 0 Å². The molecule has 0 saturated heterocycles. The molecule has 272 valence electrons. The van der Waals surface area contributed by atoms with E-state index in [-0.39, 0.29) is 10.8 Å². The molecule has 2 aliphatic carbocycles. The van der Waals surface area contributed by atoms with Gasteiger partial charge in [-0.3, -0.25) is 0 Å². The SMILES string of the molecule is CC.CC1(C)c2ccccc2-c2c1cc(-c1ccc(-c3ccc(-c4cc5c(c6ccccc46)-c4ccccc4C5(C)C)cc3)cc1)c1ccccc21.CCC. The number of fused-ring (bicyclic) bond motifs is 10. The van der Waals surface area contributed by atoms with Gasteiger partial charge in [-0.1, -0.05) is 207 Å². The van der Waals surface area contributed by atoms with Crippen molar-refractivity contribution in [3.8, 4) is 55.6 Å². The molecule has 0 atom stereocenters. The third kappa shape index (κ3) is 5.73. The van der Waals surface area contributed by atoms with Crippen LogP contribution in [0.1, 0.15) is 84.1 Å². The maximum Gasteiger partial charge on any atom is 0.0159 e. The summed E-state index contributed by atoms with van der Waals surface area (Å²) in [4.78, 5) is 0. The molecule has 0 spiro atoms. The molecule has 2 aliphatic rings. The second-order valence-corrected chi connectivity index (χ2v) is 16.0. The Bertz CT molecular complexity index is 2500. The molecule has 55 heavy (non-hydrogen) atoms. The lowest BCUT2D eigenvalue weighted by Gasteiger charge is -2.23. The first-order valence-electron chi connectivity index (χ1n) is 20.3. The first kappa shape index (κ1) is 36.3. The van der Waals surface area contributed by atoms with Crippen LogP contribution in [0.25, 0.3) is 77.2 Å². The van der Waals surface area contributed by atoms with Crippen LogP contribution in [0.2, 0.25) is 0 Å². The highest BCUT2D eigenvalue weighted by Crippen LogP contribution is 2.54. The van der Waals surface area contributed by atoms with E-state index in [4.69, 9.17) is 0 Å². The van der Waals surface area contributed by atoms with Crippen molar-refractivity contribution in [2.45, 2.75) is 72.6 Å². The van der Waals surface area contributed by atoms with Gasteiger partial charge in [0.1, 0.15) is 0 Å². The van der Waals surface area contributed by atoms with Crippen molar-refractivity contribution in [1.29, 1.82) is 0 Å². The Morgan fingerprint density at radius 3 is 0.982 bits per heavy atom. The Hall–Kier alpha value is -5.72. The highest BCUT2D eigenvalue weighted by molar-refractivity contribution is 6.10. The van der Waals surface area contributed by atoms with Crippen LogP contribution in [-0.2, 0) is 10.8 Å².